The highest BCUT2D eigenvalue weighted by atomic mass is 16.5. The average molecular weight is 371 g/mol. The fourth-order valence-corrected chi connectivity index (χ4v) is 3.71. The summed E-state index contributed by atoms with van der Waals surface area (Å²) in [7, 11) is 4.93. The largest absolute Gasteiger partial charge is 0.493 e. The van der Waals surface area contributed by atoms with Gasteiger partial charge in [0.05, 0.1) is 33.1 Å². The standard InChI is InChI=1S/C21H29N3O3/c1-15-7-5-9-23-19(15)20(24-11-6-8-22-10-12-24)16-13-17(25-2)21(27-4)18(14-16)26-3/h5,7,9,13-14,20,22H,6,8,10-12H2,1-4H3. The van der Waals surface area contributed by atoms with Gasteiger partial charge in [-0.3, -0.25) is 9.88 Å². The van der Waals surface area contributed by atoms with Gasteiger partial charge in [0, 0.05) is 25.8 Å². The lowest BCUT2D eigenvalue weighted by Gasteiger charge is -2.32. The molecule has 146 valence electrons. The molecule has 0 saturated carbocycles. The number of ether oxygens (including phenoxy) is 3. The lowest BCUT2D eigenvalue weighted by atomic mass is 9.97. The maximum absolute atomic E-state index is 5.59. The van der Waals surface area contributed by atoms with Gasteiger partial charge in [0.1, 0.15) is 0 Å². The summed E-state index contributed by atoms with van der Waals surface area (Å²) in [5.74, 6) is 1.94. The molecule has 1 fully saturated rings. The molecule has 1 aromatic heterocycles. The third-order valence-electron chi connectivity index (χ3n) is 5.05. The zero-order valence-corrected chi connectivity index (χ0v) is 16.6. The van der Waals surface area contributed by atoms with E-state index in [0.29, 0.717) is 17.2 Å². The van der Waals surface area contributed by atoms with Gasteiger partial charge in [-0.1, -0.05) is 6.07 Å². The molecule has 0 amide bonds. The number of nitrogens with one attached hydrogen (secondary N) is 1. The van der Waals surface area contributed by atoms with E-state index in [0.717, 1.165) is 43.9 Å². The third-order valence-corrected chi connectivity index (χ3v) is 5.05. The van der Waals surface area contributed by atoms with E-state index in [2.05, 4.69) is 23.2 Å². The Morgan fingerprint density at radius 3 is 2.41 bits per heavy atom. The number of pyridine rings is 1. The molecule has 0 aliphatic carbocycles. The Labute approximate surface area is 161 Å². The van der Waals surface area contributed by atoms with Crippen LogP contribution in [0, 0.1) is 6.92 Å². The summed E-state index contributed by atoms with van der Waals surface area (Å²) in [6.45, 7) is 6.08. The number of hydrogen-bond donors (Lipinski definition) is 1. The second-order valence-electron chi connectivity index (χ2n) is 6.71. The van der Waals surface area contributed by atoms with Gasteiger partial charge in [0.2, 0.25) is 5.75 Å². The van der Waals surface area contributed by atoms with Gasteiger partial charge in [0.25, 0.3) is 0 Å². The summed E-state index contributed by atoms with van der Waals surface area (Å²) in [4.78, 5) is 7.22. The van der Waals surface area contributed by atoms with Crippen molar-refractivity contribution in [2.24, 2.45) is 0 Å². The molecule has 27 heavy (non-hydrogen) atoms. The summed E-state index contributed by atoms with van der Waals surface area (Å²) in [6, 6.07) is 8.20. The molecular formula is C21H29N3O3. The minimum absolute atomic E-state index is 0.0276. The van der Waals surface area contributed by atoms with Crippen molar-refractivity contribution >= 4 is 0 Å². The Bertz CT molecular complexity index is 733. The quantitative estimate of drug-likeness (QED) is 0.843. The first-order valence-electron chi connectivity index (χ1n) is 9.35. The number of aryl methyl sites for hydroxylation is 1. The van der Waals surface area contributed by atoms with E-state index in [4.69, 9.17) is 19.2 Å². The van der Waals surface area contributed by atoms with Gasteiger partial charge in [-0.05, 0) is 49.2 Å². The normalized spacial score (nSPS) is 16.4. The molecule has 6 nitrogen and oxygen atoms in total. The highest BCUT2D eigenvalue weighted by molar-refractivity contribution is 5.55. The second kappa shape index (κ2) is 9.06. The molecule has 1 N–H and O–H groups in total. The Hall–Kier alpha value is -2.31. The van der Waals surface area contributed by atoms with Crippen LogP contribution in [0.1, 0.15) is 29.3 Å². The minimum atomic E-state index is 0.0276. The van der Waals surface area contributed by atoms with Crippen molar-refractivity contribution in [2.75, 3.05) is 47.5 Å². The number of methoxy groups -OCH3 is 3. The molecule has 0 spiro atoms. The van der Waals surface area contributed by atoms with Gasteiger partial charge in [0.15, 0.2) is 11.5 Å². The monoisotopic (exact) mass is 371 g/mol. The van der Waals surface area contributed by atoms with Crippen molar-refractivity contribution in [1.82, 2.24) is 15.2 Å². The molecule has 1 saturated heterocycles. The molecule has 1 aliphatic rings. The van der Waals surface area contributed by atoms with Crippen LogP contribution in [0.3, 0.4) is 0 Å². The van der Waals surface area contributed by atoms with E-state index in [-0.39, 0.29) is 6.04 Å². The average Bonchev–Trinajstić information content (AvgIpc) is 2.98. The zero-order chi connectivity index (χ0) is 19.2. The highest BCUT2D eigenvalue weighted by Gasteiger charge is 2.28. The Kier molecular flexibility index (Phi) is 6.53. The smallest absolute Gasteiger partial charge is 0.203 e. The van der Waals surface area contributed by atoms with Crippen molar-refractivity contribution in [2.45, 2.75) is 19.4 Å². The predicted octanol–water partition coefficient (Wildman–Crippen LogP) is 2.80. The van der Waals surface area contributed by atoms with Crippen LogP contribution < -0.4 is 19.5 Å². The Morgan fingerprint density at radius 2 is 1.78 bits per heavy atom. The van der Waals surface area contributed by atoms with Gasteiger partial charge >= 0.3 is 0 Å². The van der Waals surface area contributed by atoms with Crippen LogP contribution in [0.4, 0.5) is 0 Å². The highest BCUT2D eigenvalue weighted by Crippen LogP contribution is 2.42. The van der Waals surface area contributed by atoms with Crippen molar-refractivity contribution in [3.8, 4) is 17.2 Å². The topological polar surface area (TPSA) is 55.9 Å². The van der Waals surface area contributed by atoms with Crippen LogP contribution in [0.2, 0.25) is 0 Å². The first-order chi connectivity index (χ1) is 13.2. The van der Waals surface area contributed by atoms with Crippen molar-refractivity contribution in [1.29, 1.82) is 0 Å². The van der Waals surface area contributed by atoms with Crippen molar-refractivity contribution in [3.63, 3.8) is 0 Å². The number of hydrogen-bond acceptors (Lipinski definition) is 6. The first-order valence-corrected chi connectivity index (χ1v) is 9.35. The van der Waals surface area contributed by atoms with Crippen LogP contribution >= 0.6 is 0 Å². The van der Waals surface area contributed by atoms with E-state index >= 15 is 0 Å². The lowest BCUT2D eigenvalue weighted by Crippen LogP contribution is -2.34. The molecule has 1 aromatic carbocycles. The molecule has 1 atom stereocenters. The van der Waals surface area contributed by atoms with Crippen LogP contribution in [-0.2, 0) is 0 Å². The third kappa shape index (κ3) is 4.17. The van der Waals surface area contributed by atoms with Crippen molar-refractivity contribution < 1.29 is 14.2 Å². The first kappa shape index (κ1) is 19.5. The summed E-state index contributed by atoms with van der Waals surface area (Å²) < 4.78 is 16.7. The molecule has 2 aromatic rings. The van der Waals surface area contributed by atoms with E-state index in [1.165, 1.54) is 5.56 Å². The molecule has 2 heterocycles. The van der Waals surface area contributed by atoms with Crippen LogP contribution in [0.25, 0.3) is 0 Å². The second-order valence-corrected chi connectivity index (χ2v) is 6.71. The Balaban J connectivity index is 2.14. The molecule has 1 aliphatic heterocycles. The summed E-state index contributed by atoms with van der Waals surface area (Å²) in [6.07, 6.45) is 2.97. The Morgan fingerprint density at radius 1 is 1.04 bits per heavy atom. The molecule has 3 rings (SSSR count). The van der Waals surface area contributed by atoms with Gasteiger partial charge < -0.3 is 19.5 Å². The fraction of sp³-hybridized carbons (Fsp3) is 0.476. The zero-order valence-electron chi connectivity index (χ0n) is 16.6. The number of rotatable bonds is 6. The van der Waals surface area contributed by atoms with Gasteiger partial charge in [-0.2, -0.15) is 0 Å². The van der Waals surface area contributed by atoms with E-state index < -0.39 is 0 Å². The van der Waals surface area contributed by atoms with Crippen LogP contribution in [-0.4, -0.2) is 57.4 Å². The van der Waals surface area contributed by atoms with Gasteiger partial charge in [-0.15, -0.1) is 0 Å². The summed E-state index contributed by atoms with van der Waals surface area (Å²) in [5, 5.41) is 3.48. The maximum Gasteiger partial charge on any atom is 0.203 e. The van der Waals surface area contributed by atoms with E-state index in [9.17, 15) is 0 Å². The van der Waals surface area contributed by atoms with Crippen LogP contribution in [0.15, 0.2) is 30.5 Å². The molecule has 6 heteroatoms. The fourth-order valence-electron chi connectivity index (χ4n) is 3.71. The predicted molar refractivity (Wildman–Crippen MR) is 106 cm³/mol. The number of benzene rings is 1. The molecular weight excluding hydrogens is 342 g/mol. The summed E-state index contributed by atoms with van der Waals surface area (Å²) >= 11 is 0. The lowest BCUT2D eigenvalue weighted by molar-refractivity contribution is 0.235. The SMILES string of the molecule is COc1cc(C(c2ncccc2C)N2CCCNCC2)cc(OC)c1OC. The summed E-state index contributed by atoms with van der Waals surface area (Å²) in [5.41, 5.74) is 3.33. The maximum atomic E-state index is 5.59. The number of aromatic nitrogens is 1. The molecule has 0 radical (unpaired) electrons. The number of nitrogens with zero attached hydrogens (tertiary/aromatic N) is 2. The van der Waals surface area contributed by atoms with Gasteiger partial charge in [-0.25, -0.2) is 0 Å². The van der Waals surface area contributed by atoms with Crippen molar-refractivity contribution in [3.05, 3.63) is 47.3 Å². The van der Waals surface area contributed by atoms with E-state index in [1.807, 2.05) is 24.4 Å². The molecule has 0 bridgehead atoms. The molecule has 1 unspecified atom stereocenters. The minimum Gasteiger partial charge on any atom is -0.493 e. The van der Waals surface area contributed by atoms with Crippen LogP contribution in [0.5, 0.6) is 17.2 Å². The van der Waals surface area contributed by atoms with E-state index in [1.54, 1.807) is 21.3 Å².